The maximum absolute atomic E-state index is 12.1. The van der Waals surface area contributed by atoms with Gasteiger partial charge < -0.3 is 10.1 Å². The summed E-state index contributed by atoms with van der Waals surface area (Å²) in [5, 5.41) is 4.22. The highest BCUT2D eigenvalue weighted by Crippen LogP contribution is 2.32. The lowest BCUT2D eigenvalue weighted by Gasteiger charge is -2.10. The number of nitrogens with zero attached hydrogens (tertiary/aromatic N) is 2. The molecule has 3 aromatic rings. The summed E-state index contributed by atoms with van der Waals surface area (Å²) in [6, 6.07) is 10.3. The van der Waals surface area contributed by atoms with E-state index in [4.69, 9.17) is 39.5 Å². The number of benzene rings is 2. The number of rotatable bonds is 4. The first kappa shape index (κ1) is 16.8. The van der Waals surface area contributed by atoms with Gasteiger partial charge in [-0.1, -0.05) is 46.9 Å². The van der Waals surface area contributed by atoms with Gasteiger partial charge in [0.2, 0.25) is 5.88 Å². The van der Waals surface area contributed by atoms with E-state index < -0.39 is 5.91 Å². The second-order valence-corrected chi connectivity index (χ2v) is 6.00. The van der Waals surface area contributed by atoms with E-state index in [0.717, 1.165) is 10.9 Å². The van der Waals surface area contributed by atoms with Gasteiger partial charge in [0.25, 0.3) is 5.91 Å². The van der Waals surface area contributed by atoms with Gasteiger partial charge in [-0.3, -0.25) is 4.79 Å². The van der Waals surface area contributed by atoms with E-state index in [1.807, 2.05) is 24.3 Å². The summed E-state index contributed by atoms with van der Waals surface area (Å²) in [4.78, 5) is 20.2. The molecule has 0 saturated carbocycles. The summed E-state index contributed by atoms with van der Waals surface area (Å²) < 4.78 is 5.48. The van der Waals surface area contributed by atoms with Gasteiger partial charge in [-0.15, -0.1) is 0 Å². The zero-order valence-corrected chi connectivity index (χ0v) is 14.4. The van der Waals surface area contributed by atoms with Gasteiger partial charge in [0.1, 0.15) is 6.33 Å². The molecule has 0 aliphatic heterocycles. The maximum atomic E-state index is 12.1. The Morgan fingerprint density at radius 2 is 1.79 bits per heavy atom. The fourth-order valence-corrected chi connectivity index (χ4v) is 2.63. The quantitative estimate of drug-likeness (QED) is 0.669. The first-order valence-corrected chi connectivity index (χ1v) is 7.95. The lowest BCUT2D eigenvalue weighted by molar-refractivity contribution is -0.118. The molecule has 5 nitrogen and oxygen atoms in total. The molecule has 1 N–H and O–H groups in total. The van der Waals surface area contributed by atoms with Crippen LogP contribution in [0.2, 0.25) is 15.1 Å². The fourth-order valence-electron chi connectivity index (χ4n) is 2.03. The van der Waals surface area contributed by atoms with E-state index in [1.165, 1.54) is 18.5 Å². The van der Waals surface area contributed by atoms with Gasteiger partial charge in [-0.05, 0) is 24.3 Å². The number of ether oxygens (including phenoxy) is 1. The third kappa shape index (κ3) is 3.70. The van der Waals surface area contributed by atoms with Gasteiger partial charge in [-0.25, -0.2) is 9.97 Å². The molecule has 1 amide bonds. The molecule has 0 radical (unpaired) electrons. The first-order chi connectivity index (χ1) is 11.5. The minimum atomic E-state index is -0.405. The van der Waals surface area contributed by atoms with Crippen molar-refractivity contribution in [2.75, 3.05) is 11.9 Å². The van der Waals surface area contributed by atoms with Crippen molar-refractivity contribution in [1.29, 1.82) is 0 Å². The lowest BCUT2D eigenvalue weighted by atomic mass is 10.2. The van der Waals surface area contributed by atoms with Crippen LogP contribution in [0.3, 0.4) is 0 Å². The van der Waals surface area contributed by atoms with E-state index >= 15 is 0 Å². The molecular weight excluding hydrogens is 373 g/mol. The number of anilines is 1. The summed E-state index contributed by atoms with van der Waals surface area (Å²) in [5.41, 5.74) is 1.09. The van der Waals surface area contributed by atoms with Crippen LogP contribution in [0.5, 0.6) is 5.88 Å². The number of fused-ring (bicyclic) bond motifs is 1. The maximum Gasteiger partial charge on any atom is 0.262 e. The molecule has 0 spiro atoms. The molecule has 8 heteroatoms. The SMILES string of the molecule is O=C(COc1ncnc2ccccc12)Nc1cc(Cl)c(Cl)cc1Cl. The van der Waals surface area contributed by atoms with E-state index in [1.54, 1.807) is 0 Å². The Morgan fingerprint density at radius 1 is 1.04 bits per heavy atom. The van der Waals surface area contributed by atoms with Crippen molar-refractivity contribution in [3.63, 3.8) is 0 Å². The van der Waals surface area contributed by atoms with Crippen molar-refractivity contribution in [2.45, 2.75) is 0 Å². The summed E-state index contributed by atoms with van der Waals surface area (Å²) in [6.45, 7) is -0.239. The Kier molecular flexibility index (Phi) is 5.04. The van der Waals surface area contributed by atoms with Crippen LogP contribution in [0.15, 0.2) is 42.7 Å². The van der Waals surface area contributed by atoms with Crippen LogP contribution >= 0.6 is 34.8 Å². The highest BCUT2D eigenvalue weighted by Gasteiger charge is 2.11. The molecule has 122 valence electrons. The average molecular weight is 383 g/mol. The zero-order chi connectivity index (χ0) is 17.1. The summed E-state index contributed by atoms with van der Waals surface area (Å²) in [5.74, 6) is -0.0750. The van der Waals surface area contributed by atoms with E-state index in [-0.39, 0.29) is 11.6 Å². The lowest BCUT2D eigenvalue weighted by Crippen LogP contribution is -2.20. The van der Waals surface area contributed by atoms with Crippen LogP contribution in [0.4, 0.5) is 5.69 Å². The molecule has 0 fully saturated rings. The van der Waals surface area contributed by atoms with E-state index in [9.17, 15) is 4.79 Å². The molecule has 3 rings (SSSR count). The number of hydrogen-bond donors (Lipinski definition) is 1. The standard InChI is InChI=1S/C16H10Cl3N3O2/c17-10-5-12(19)14(6-11(10)18)22-15(23)7-24-16-9-3-1-2-4-13(9)20-8-21-16/h1-6,8H,7H2,(H,22,23). The number of amides is 1. The van der Waals surface area contributed by atoms with Crippen molar-refractivity contribution < 1.29 is 9.53 Å². The fraction of sp³-hybridized carbons (Fsp3) is 0.0625. The number of nitrogens with one attached hydrogen (secondary N) is 1. The second kappa shape index (κ2) is 7.21. The number of carbonyl (C=O) groups is 1. The van der Waals surface area contributed by atoms with Gasteiger partial charge in [0.15, 0.2) is 6.61 Å². The monoisotopic (exact) mass is 381 g/mol. The molecule has 0 saturated heterocycles. The van der Waals surface area contributed by atoms with Crippen molar-refractivity contribution in [2.24, 2.45) is 0 Å². The smallest absolute Gasteiger partial charge is 0.262 e. The van der Waals surface area contributed by atoms with Crippen LogP contribution in [0.25, 0.3) is 10.9 Å². The van der Waals surface area contributed by atoms with E-state index in [0.29, 0.717) is 21.6 Å². The van der Waals surface area contributed by atoms with Crippen molar-refractivity contribution in [3.05, 3.63) is 57.8 Å². The summed E-state index contributed by atoms with van der Waals surface area (Å²) in [7, 11) is 0. The van der Waals surface area contributed by atoms with Gasteiger partial charge in [-0.2, -0.15) is 0 Å². The predicted octanol–water partition coefficient (Wildman–Crippen LogP) is 4.61. The number of hydrogen-bond acceptors (Lipinski definition) is 4. The van der Waals surface area contributed by atoms with Gasteiger partial charge in [0, 0.05) is 0 Å². The second-order valence-electron chi connectivity index (χ2n) is 4.78. The Morgan fingerprint density at radius 3 is 2.62 bits per heavy atom. The Labute approximate surface area is 152 Å². The third-order valence-corrected chi connectivity index (χ3v) is 4.17. The number of halogens is 3. The number of para-hydroxylation sites is 1. The minimum Gasteiger partial charge on any atom is -0.467 e. The molecule has 0 aliphatic rings. The number of carbonyl (C=O) groups excluding carboxylic acids is 1. The highest BCUT2D eigenvalue weighted by atomic mass is 35.5. The average Bonchev–Trinajstić information content (AvgIpc) is 2.58. The van der Waals surface area contributed by atoms with Crippen molar-refractivity contribution >= 4 is 57.3 Å². The molecule has 2 aromatic carbocycles. The molecule has 24 heavy (non-hydrogen) atoms. The molecule has 0 bridgehead atoms. The van der Waals surface area contributed by atoms with Crippen LogP contribution in [-0.4, -0.2) is 22.5 Å². The molecule has 0 atom stereocenters. The Bertz CT molecular complexity index is 913. The summed E-state index contributed by atoms with van der Waals surface area (Å²) in [6.07, 6.45) is 1.38. The molecule has 0 aliphatic carbocycles. The van der Waals surface area contributed by atoms with Gasteiger partial charge >= 0.3 is 0 Å². The number of aromatic nitrogens is 2. The van der Waals surface area contributed by atoms with Crippen LogP contribution < -0.4 is 10.1 Å². The topological polar surface area (TPSA) is 64.1 Å². The highest BCUT2D eigenvalue weighted by molar-refractivity contribution is 6.44. The van der Waals surface area contributed by atoms with Crippen molar-refractivity contribution in [3.8, 4) is 5.88 Å². The Balaban J connectivity index is 1.71. The largest absolute Gasteiger partial charge is 0.467 e. The first-order valence-electron chi connectivity index (χ1n) is 6.81. The van der Waals surface area contributed by atoms with Gasteiger partial charge in [0.05, 0.1) is 31.7 Å². The third-order valence-electron chi connectivity index (χ3n) is 3.13. The predicted molar refractivity (Wildman–Crippen MR) is 95.1 cm³/mol. The van der Waals surface area contributed by atoms with Crippen molar-refractivity contribution in [1.82, 2.24) is 9.97 Å². The molecule has 1 aromatic heterocycles. The van der Waals surface area contributed by atoms with Crippen LogP contribution in [0, 0.1) is 0 Å². The minimum absolute atomic E-state index is 0.239. The molecule has 1 heterocycles. The van der Waals surface area contributed by atoms with Crippen LogP contribution in [-0.2, 0) is 4.79 Å². The van der Waals surface area contributed by atoms with Crippen LogP contribution in [0.1, 0.15) is 0 Å². The Hall–Kier alpha value is -2.08. The normalized spacial score (nSPS) is 10.6. The zero-order valence-electron chi connectivity index (χ0n) is 12.1. The molecular formula is C16H10Cl3N3O2. The summed E-state index contributed by atoms with van der Waals surface area (Å²) >= 11 is 17.8. The molecule has 0 unspecified atom stereocenters. The van der Waals surface area contributed by atoms with E-state index in [2.05, 4.69) is 15.3 Å².